The van der Waals surface area contributed by atoms with Crippen molar-refractivity contribution in [1.82, 2.24) is 9.88 Å². The van der Waals surface area contributed by atoms with Gasteiger partial charge in [-0.3, -0.25) is 24.1 Å². The zero-order valence-electron chi connectivity index (χ0n) is 23.2. The standard InChI is InChI=1S/C31H29ClN2O7S2/c1-40-20-11-15(7-8-19(20)41-13-14-4-2-5-16(32)10-14)22-23-17-12-18(26(23)42-28-27(22)43-31(39)33-28)25-24(17)29(37)34(30(25)38)9-3-6-21(35)36/h2,4-5,7-8,10-11,17-18,22-26H,3,6,9,12-13H2,1H3,(H,33,39)(H,35,36)/t17?,18?,22-,23?,24?,25?,26?/m1/s1. The smallest absolute Gasteiger partial charge is 0.305 e. The summed E-state index contributed by atoms with van der Waals surface area (Å²) in [7, 11) is 1.59. The Morgan fingerprint density at radius 3 is 2.63 bits per heavy atom. The number of carbonyl (C=O) groups is 3. The summed E-state index contributed by atoms with van der Waals surface area (Å²) in [6, 6.07) is 13.3. The molecule has 2 amide bonds. The molecule has 2 aliphatic heterocycles. The van der Waals surface area contributed by atoms with Crippen LogP contribution in [0.15, 0.2) is 52.3 Å². The summed E-state index contributed by atoms with van der Waals surface area (Å²) in [6.45, 7) is 0.452. The number of carboxylic acids is 1. The van der Waals surface area contributed by atoms with Crippen molar-refractivity contribution in [2.24, 2.45) is 29.6 Å². The van der Waals surface area contributed by atoms with E-state index >= 15 is 0 Å². The molecule has 3 fully saturated rings. The van der Waals surface area contributed by atoms with E-state index in [1.165, 1.54) is 16.2 Å². The quantitative estimate of drug-likeness (QED) is 0.313. The van der Waals surface area contributed by atoms with E-state index in [2.05, 4.69) is 4.98 Å². The number of nitrogens with zero attached hydrogens (tertiary/aromatic N) is 1. The van der Waals surface area contributed by atoms with E-state index < -0.39 is 11.9 Å². The highest BCUT2D eigenvalue weighted by Gasteiger charge is 2.69. The SMILES string of the molecule is COc1cc([C@H]2c3sc(=O)[nH]c3SC3C4CC(C5C(=O)N(CCCC(=O)O)C(=O)C45)C32)ccc1OCc1cccc(Cl)c1. The van der Waals surface area contributed by atoms with Crippen molar-refractivity contribution < 1.29 is 29.0 Å². The Morgan fingerprint density at radius 2 is 1.88 bits per heavy atom. The van der Waals surface area contributed by atoms with Crippen LogP contribution >= 0.6 is 34.7 Å². The maximum absolute atomic E-state index is 13.6. The number of amides is 2. The fraction of sp³-hybridized carbons (Fsp3) is 0.419. The van der Waals surface area contributed by atoms with Gasteiger partial charge in [-0.15, -0.1) is 11.8 Å². The second-order valence-electron chi connectivity index (χ2n) is 11.6. The van der Waals surface area contributed by atoms with Gasteiger partial charge in [-0.1, -0.05) is 41.1 Å². The Kier molecular flexibility index (Phi) is 7.30. The predicted octanol–water partition coefficient (Wildman–Crippen LogP) is 5.02. The first kappa shape index (κ1) is 28.5. The van der Waals surface area contributed by atoms with Gasteiger partial charge in [0.25, 0.3) is 0 Å². The maximum Gasteiger partial charge on any atom is 0.305 e. The molecule has 1 aromatic heterocycles. The van der Waals surface area contributed by atoms with Crippen molar-refractivity contribution >= 4 is 52.5 Å². The van der Waals surface area contributed by atoms with Gasteiger partial charge >= 0.3 is 10.8 Å². The number of halogens is 1. The van der Waals surface area contributed by atoms with Gasteiger partial charge < -0.3 is 19.6 Å². The molecule has 0 spiro atoms. The van der Waals surface area contributed by atoms with Crippen LogP contribution in [-0.2, 0) is 21.0 Å². The molecular formula is C31H29ClN2O7S2. The number of methoxy groups -OCH3 is 1. The zero-order valence-corrected chi connectivity index (χ0v) is 25.5. The van der Waals surface area contributed by atoms with Crippen LogP contribution < -0.4 is 14.3 Å². The average molecular weight is 641 g/mol. The zero-order chi connectivity index (χ0) is 30.0. The topological polar surface area (TPSA) is 126 Å². The Morgan fingerprint density at radius 1 is 1.09 bits per heavy atom. The molecule has 2 N–H and O–H groups in total. The van der Waals surface area contributed by atoms with Crippen molar-refractivity contribution in [3.8, 4) is 11.5 Å². The molecule has 224 valence electrons. The lowest BCUT2D eigenvalue weighted by molar-refractivity contribution is -0.142. The molecule has 3 aromatic rings. The molecule has 1 saturated heterocycles. The first-order chi connectivity index (χ1) is 20.7. The van der Waals surface area contributed by atoms with E-state index in [9.17, 15) is 19.2 Å². The minimum absolute atomic E-state index is 0.00664. The number of imide groups is 1. The number of ether oxygens (including phenoxy) is 2. The second-order valence-corrected chi connectivity index (χ2v) is 14.3. The minimum atomic E-state index is -0.943. The summed E-state index contributed by atoms with van der Waals surface area (Å²) in [5, 5.41) is 10.6. The lowest BCUT2D eigenvalue weighted by Crippen LogP contribution is -2.42. The van der Waals surface area contributed by atoms with Crippen LogP contribution in [-0.4, -0.2) is 51.7 Å². The third kappa shape index (κ3) is 4.76. The average Bonchev–Trinajstić information content (AvgIpc) is 3.71. The predicted molar refractivity (Wildman–Crippen MR) is 161 cm³/mol. The Labute approximate surface area is 260 Å². The third-order valence-electron chi connectivity index (χ3n) is 9.42. The molecule has 7 rings (SSSR count). The number of thiazole rings is 1. The Hall–Kier alpha value is -3.28. The summed E-state index contributed by atoms with van der Waals surface area (Å²) in [4.78, 5) is 55.9. The highest BCUT2D eigenvalue weighted by Crippen LogP contribution is 2.68. The summed E-state index contributed by atoms with van der Waals surface area (Å²) < 4.78 is 11.9. The van der Waals surface area contributed by atoms with E-state index in [-0.39, 0.29) is 70.9 Å². The summed E-state index contributed by atoms with van der Waals surface area (Å²) in [6.07, 6.45) is 0.943. The van der Waals surface area contributed by atoms with Crippen LogP contribution in [0.25, 0.3) is 0 Å². The van der Waals surface area contributed by atoms with Crippen molar-refractivity contribution in [3.63, 3.8) is 0 Å². The van der Waals surface area contributed by atoms with E-state index in [0.29, 0.717) is 23.1 Å². The summed E-state index contributed by atoms with van der Waals surface area (Å²) in [5.74, 6) is -1.06. The van der Waals surface area contributed by atoms with Gasteiger partial charge in [0.1, 0.15) is 6.61 Å². The fourth-order valence-corrected chi connectivity index (χ4v) is 10.9. The number of likely N-dealkylation sites (tertiary alicyclic amines) is 1. The molecule has 4 aliphatic rings. The molecule has 2 aromatic carbocycles. The van der Waals surface area contributed by atoms with Gasteiger partial charge in [-0.2, -0.15) is 0 Å². The number of aromatic amines is 1. The van der Waals surface area contributed by atoms with Crippen molar-refractivity contribution in [1.29, 1.82) is 0 Å². The number of aliphatic carboxylic acids is 1. The maximum atomic E-state index is 13.6. The molecule has 2 bridgehead atoms. The first-order valence-corrected chi connectivity index (χ1v) is 16.3. The van der Waals surface area contributed by atoms with Gasteiger partial charge in [-0.25, -0.2) is 0 Å². The normalized spacial score (nSPS) is 28.5. The van der Waals surface area contributed by atoms with Crippen LogP contribution in [0.3, 0.4) is 0 Å². The molecular weight excluding hydrogens is 612 g/mol. The lowest BCUT2D eigenvalue weighted by atomic mass is 9.68. The largest absolute Gasteiger partial charge is 0.493 e. The molecule has 7 atom stereocenters. The Balaban J connectivity index is 1.20. The molecule has 12 heteroatoms. The van der Waals surface area contributed by atoms with Gasteiger partial charge in [0.15, 0.2) is 11.5 Å². The lowest BCUT2D eigenvalue weighted by Gasteiger charge is -2.43. The number of hydrogen-bond donors (Lipinski definition) is 2. The number of aromatic nitrogens is 1. The number of benzene rings is 2. The van der Waals surface area contributed by atoms with E-state index in [4.69, 9.17) is 26.2 Å². The molecule has 0 radical (unpaired) electrons. The first-order valence-electron chi connectivity index (χ1n) is 14.3. The van der Waals surface area contributed by atoms with Crippen molar-refractivity contribution in [2.45, 2.75) is 42.1 Å². The number of fused-ring (bicyclic) bond motifs is 9. The third-order valence-corrected chi connectivity index (χ3v) is 12.2. The van der Waals surface area contributed by atoms with Crippen molar-refractivity contribution in [2.75, 3.05) is 13.7 Å². The number of thioether (sulfide) groups is 1. The van der Waals surface area contributed by atoms with Gasteiger partial charge in [0, 0.05) is 34.0 Å². The highest BCUT2D eigenvalue weighted by molar-refractivity contribution is 8.00. The number of carbonyl (C=O) groups excluding carboxylic acids is 2. The van der Waals surface area contributed by atoms with E-state index in [1.807, 2.05) is 42.5 Å². The highest BCUT2D eigenvalue weighted by atomic mass is 35.5. The van der Waals surface area contributed by atoms with Crippen LogP contribution in [0.4, 0.5) is 0 Å². The van der Waals surface area contributed by atoms with Gasteiger partial charge in [0.2, 0.25) is 11.8 Å². The number of hydrogen-bond acceptors (Lipinski definition) is 8. The Bertz CT molecular complexity index is 1690. The van der Waals surface area contributed by atoms with Crippen LogP contribution in [0.1, 0.15) is 41.2 Å². The molecule has 9 nitrogen and oxygen atoms in total. The molecule has 43 heavy (non-hydrogen) atoms. The summed E-state index contributed by atoms with van der Waals surface area (Å²) in [5.41, 5.74) is 1.90. The van der Waals surface area contributed by atoms with E-state index in [0.717, 1.165) is 27.5 Å². The molecule has 3 heterocycles. The molecule has 2 saturated carbocycles. The fourth-order valence-electron chi connectivity index (χ4n) is 7.85. The molecule has 6 unspecified atom stereocenters. The van der Waals surface area contributed by atoms with Crippen molar-refractivity contribution in [3.05, 3.63) is 73.2 Å². The van der Waals surface area contributed by atoms with Gasteiger partial charge in [0.05, 0.1) is 24.0 Å². The van der Waals surface area contributed by atoms with Crippen LogP contribution in [0, 0.1) is 29.6 Å². The number of rotatable bonds is 9. The number of nitrogens with one attached hydrogen (secondary N) is 1. The molecule has 2 aliphatic carbocycles. The summed E-state index contributed by atoms with van der Waals surface area (Å²) >= 11 is 8.96. The minimum Gasteiger partial charge on any atom is -0.493 e. The number of carboxylic acid groups (broad SMARTS) is 1. The monoisotopic (exact) mass is 640 g/mol. The number of H-pyrrole nitrogens is 1. The second kappa shape index (κ2) is 11.0. The van der Waals surface area contributed by atoms with Crippen LogP contribution in [0.5, 0.6) is 11.5 Å². The van der Waals surface area contributed by atoms with Crippen LogP contribution in [0.2, 0.25) is 5.02 Å². The van der Waals surface area contributed by atoms with E-state index in [1.54, 1.807) is 18.9 Å². The van der Waals surface area contributed by atoms with Gasteiger partial charge in [-0.05, 0) is 66.0 Å².